The molecule has 0 aliphatic carbocycles. The van der Waals surface area contributed by atoms with Crippen molar-refractivity contribution in [3.8, 4) is 0 Å². The van der Waals surface area contributed by atoms with Crippen molar-refractivity contribution in [3.05, 3.63) is 61.6 Å². The number of aliphatic hydroxyl groups is 1. The van der Waals surface area contributed by atoms with E-state index in [1.165, 1.54) is 0 Å². The van der Waals surface area contributed by atoms with Crippen molar-refractivity contribution in [1.82, 2.24) is 0 Å². The van der Waals surface area contributed by atoms with Crippen LogP contribution in [0.1, 0.15) is 11.7 Å². The molecule has 0 saturated heterocycles. The summed E-state index contributed by atoms with van der Waals surface area (Å²) in [7, 11) is 0. The molecule has 2 nitrogen and oxygen atoms in total. The standard InChI is InChI=1S/C14H12Cl2INO/c15-11-4-2-1-3-10(11)14(19)8-18-13-6-5-9(17)7-12(13)16/h1-7,14,18-19H,8H2. The highest BCUT2D eigenvalue weighted by Gasteiger charge is 2.11. The van der Waals surface area contributed by atoms with Crippen LogP contribution in [0.4, 0.5) is 5.69 Å². The Bertz CT molecular complexity index is 577. The number of rotatable bonds is 4. The van der Waals surface area contributed by atoms with Crippen molar-refractivity contribution in [2.75, 3.05) is 11.9 Å². The van der Waals surface area contributed by atoms with Crippen LogP contribution >= 0.6 is 45.8 Å². The lowest BCUT2D eigenvalue weighted by atomic mass is 10.1. The monoisotopic (exact) mass is 407 g/mol. The van der Waals surface area contributed by atoms with E-state index in [0.29, 0.717) is 22.2 Å². The summed E-state index contributed by atoms with van der Waals surface area (Å²) in [6.07, 6.45) is -0.677. The van der Waals surface area contributed by atoms with Gasteiger partial charge < -0.3 is 10.4 Å². The summed E-state index contributed by atoms with van der Waals surface area (Å²) in [5.74, 6) is 0. The summed E-state index contributed by atoms with van der Waals surface area (Å²) >= 11 is 14.4. The Morgan fingerprint density at radius 1 is 1.11 bits per heavy atom. The number of anilines is 1. The van der Waals surface area contributed by atoms with Crippen LogP contribution in [-0.4, -0.2) is 11.7 Å². The SMILES string of the molecule is OC(CNc1ccc(I)cc1Cl)c1ccccc1Cl. The summed E-state index contributed by atoms with van der Waals surface area (Å²) in [4.78, 5) is 0. The van der Waals surface area contributed by atoms with E-state index in [1.807, 2.05) is 36.4 Å². The number of benzene rings is 2. The van der Waals surface area contributed by atoms with Gasteiger partial charge in [-0.15, -0.1) is 0 Å². The molecule has 0 radical (unpaired) electrons. The van der Waals surface area contributed by atoms with Crippen LogP contribution in [-0.2, 0) is 0 Å². The third-order valence-corrected chi connectivity index (χ3v) is 4.01. The maximum Gasteiger partial charge on any atom is 0.0976 e. The van der Waals surface area contributed by atoms with E-state index in [9.17, 15) is 5.11 Å². The molecule has 1 unspecified atom stereocenters. The summed E-state index contributed by atoms with van der Waals surface area (Å²) in [6.45, 7) is 0.351. The van der Waals surface area contributed by atoms with Gasteiger partial charge in [0.05, 0.1) is 16.8 Å². The van der Waals surface area contributed by atoms with Crippen LogP contribution in [0.3, 0.4) is 0 Å². The minimum atomic E-state index is -0.677. The van der Waals surface area contributed by atoms with Crippen molar-refractivity contribution in [2.45, 2.75) is 6.10 Å². The molecule has 2 aromatic rings. The van der Waals surface area contributed by atoms with Gasteiger partial charge in [-0.3, -0.25) is 0 Å². The second kappa shape index (κ2) is 6.79. The molecule has 0 bridgehead atoms. The molecular weight excluding hydrogens is 396 g/mol. The number of hydrogen-bond donors (Lipinski definition) is 2. The topological polar surface area (TPSA) is 32.3 Å². The molecule has 0 aliphatic heterocycles. The van der Waals surface area contributed by atoms with E-state index < -0.39 is 6.10 Å². The molecule has 0 aliphatic rings. The zero-order chi connectivity index (χ0) is 13.8. The van der Waals surface area contributed by atoms with Gasteiger partial charge in [0, 0.05) is 20.7 Å². The van der Waals surface area contributed by atoms with Gasteiger partial charge in [-0.1, -0.05) is 41.4 Å². The average molecular weight is 408 g/mol. The summed E-state index contributed by atoms with van der Waals surface area (Å²) in [5, 5.41) is 14.4. The van der Waals surface area contributed by atoms with Gasteiger partial charge in [-0.25, -0.2) is 0 Å². The summed E-state index contributed by atoms with van der Waals surface area (Å²) in [5.41, 5.74) is 1.51. The van der Waals surface area contributed by atoms with Crippen LogP contribution in [0.2, 0.25) is 10.0 Å². The molecular formula is C14H12Cl2INO. The van der Waals surface area contributed by atoms with Crippen molar-refractivity contribution in [3.63, 3.8) is 0 Å². The van der Waals surface area contributed by atoms with Crippen molar-refractivity contribution in [2.24, 2.45) is 0 Å². The van der Waals surface area contributed by atoms with E-state index in [4.69, 9.17) is 23.2 Å². The highest BCUT2D eigenvalue weighted by Crippen LogP contribution is 2.26. The van der Waals surface area contributed by atoms with Crippen molar-refractivity contribution < 1.29 is 5.11 Å². The van der Waals surface area contributed by atoms with Crippen LogP contribution in [0.5, 0.6) is 0 Å². The van der Waals surface area contributed by atoms with E-state index >= 15 is 0 Å². The first kappa shape index (κ1) is 14.9. The van der Waals surface area contributed by atoms with Gasteiger partial charge in [-0.2, -0.15) is 0 Å². The average Bonchev–Trinajstić information content (AvgIpc) is 2.38. The molecule has 0 spiro atoms. The smallest absolute Gasteiger partial charge is 0.0976 e. The predicted molar refractivity (Wildman–Crippen MR) is 89.1 cm³/mol. The molecule has 1 atom stereocenters. The largest absolute Gasteiger partial charge is 0.387 e. The Labute approximate surface area is 135 Å². The van der Waals surface area contributed by atoms with Gasteiger partial charge >= 0.3 is 0 Å². The lowest BCUT2D eigenvalue weighted by molar-refractivity contribution is 0.192. The molecule has 100 valence electrons. The molecule has 2 rings (SSSR count). The van der Waals surface area contributed by atoms with Gasteiger partial charge in [0.1, 0.15) is 0 Å². The molecule has 0 fully saturated rings. The number of hydrogen-bond acceptors (Lipinski definition) is 2. The zero-order valence-electron chi connectivity index (χ0n) is 9.91. The summed E-state index contributed by atoms with van der Waals surface area (Å²) < 4.78 is 1.07. The molecule has 2 N–H and O–H groups in total. The van der Waals surface area contributed by atoms with E-state index in [-0.39, 0.29) is 0 Å². The summed E-state index contributed by atoms with van der Waals surface area (Å²) in [6, 6.07) is 13.0. The molecule has 0 aromatic heterocycles. The minimum absolute atomic E-state index is 0.351. The fourth-order valence-electron chi connectivity index (χ4n) is 1.69. The molecule has 0 saturated carbocycles. The first-order chi connectivity index (χ1) is 9.08. The fourth-order valence-corrected chi connectivity index (χ4v) is 2.88. The highest BCUT2D eigenvalue weighted by atomic mass is 127. The normalized spacial score (nSPS) is 12.2. The van der Waals surface area contributed by atoms with Crippen molar-refractivity contribution >= 4 is 51.5 Å². The maximum absolute atomic E-state index is 10.1. The Balaban J connectivity index is 2.04. The molecule has 2 aromatic carbocycles. The van der Waals surface area contributed by atoms with Gasteiger partial charge in [0.2, 0.25) is 0 Å². The predicted octanol–water partition coefficient (Wildman–Crippen LogP) is 4.74. The lowest BCUT2D eigenvalue weighted by Gasteiger charge is -2.15. The Morgan fingerprint density at radius 3 is 2.53 bits per heavy atom. The van der Waals surface area contributed by atoms with Crippen molar-refractivity contribution in [1.29, 1.82) is 0 Å². The van der Waals surface area contributed by atoms with E-state index in [0.717, 1.165) is 9.26 Å². The Kier molecular flexibility index (Phi) is 5.33. The first-order valence-corrected chi connectivity index (χ1v) is 7.53. The first-order valence-electron chi connectivity index (χ1n) is 5.69. The Hall–Kier alpha value is -0.490. The van der Waals surface area contributed by atoms with Crippen LogP contribution < -0.4 is 5.32 Å². The number of nitrogens with one attached hydrogen (secondary N) is 1. The highest BCUT2D eigenvalue weighted by molar-refractivity contribution is 14.1. The molecule has 5 heteroatoms. The van der Waals surface area contributed by atoms with Crippen LogP contribution in [0.25, 0.3) is 0 Å². The lowest BCUT2D eigenvalue weighted by Crippen LogP contribution is -2.12. The Morgan fingerprint density at radius 2 is 1.84 bits per heavy atom. The molecule has 19 heavy (non-hydrogen) atoms. The van der Waals surface area contributed by atoms with E-state index in [1.54, 1.807) is 6.07 Å². The number of halogens is 3. The molecule has 0 heterocycles. The third kappa shape index (κ3) is 3.99. The third-order valence-electron chi connectivity index (χ3n) is 2.68. The van der Waals surface area contributed by atoms with Gasteiger partial charge in [0.15, 0.2) is 0 Å². The zero-order valence-corrected chi connectivity index (χ0v) is 13.6. The van der Waals surface area contributed by atoms with E-state index in [2.05, 4.69) is 27.9 Å². The minimum Gasteiger partial charge on any atom is -0.387 e. The second-order valence-corrected chi connectivity index (χ2v) is 6.10. The van der Waals surface area contributed by atoms with Crippen LogP contribution in [0.15, 0.2) is 42.5 Å². The molecule has 0 amide bonds. The quantitative estimate of drug-likeness (QED) is 0.717. The fraction of sp³-hybridized carbons (Fsp3) is 0.143. The van der Waals surface area contributed by atoms with Gasteiger partial charge in [-0.05, 0) is 46.9 Å². The number of aliphatic hydroxyl groups excluding tert-OH is 1. The van der Waals surface area contributed by atoms with Gasteiger partial charge in [0.25, 0.3) is 0 Å². The van der Waals surface area contributed by atoms with Crippen LogP contribution in [0, 0.1) is 3.57 Å². The second-order valence-electron chi connectivity index (χ2n) is 4.04. The maximum atomic E-state index is 10.1.